The molecule has 0 spiro atoms. The molecule has 2 aromatic rings. The summed E-state index contributed by atoms with van der Waals surface area (Å²) in [6, 6.07) is 14.9. The summed E-state index contributed by atoms with van der Waals surface area (Å²) >= 11 is 9.25. The van der Waals surface area contributed by atoms with E-state index in [0.717, 1.165) is 15.6 Å². The van der Waals surface area contributed by atoms with E-state index in [9.17, 15) is 5.11 Å². The van der Waals surface area contributed by atoms with Crippen LogP contribution in [0, 0.1) is 0 Å². The zero-order valence-electron chi connectivity index (χ0n) is 9.32. The molecule has 0 aromatic heterocycles. The van der Waals surface area contributed by atoms with Gasteiger partial charge in [-0.25, -0.2) is 0 Å². The van der Waals surface area contributed by atoms with Gasteiger partial charge >= 0.3 is 0 Å². The molecule has 0 amide bonds. The predicted molar refractivity (Wildman–Crippen MR) is 74.3 cm³/mol. The molecule has 0 saturated heterocycles. The molecule has 0 aliphatic rings. The molecule has 0 aliphatic heterocycles. The molecule has 0 saturated carbocycles. The van der Waals surface area contributed by atoms with Crippen molar-refractivity contribution >= 4 is 27.5 Å². The molecule has 0 aliphatic carbocycles. The van der Waals surface area contributed by atoms with Crippen LogP contribution in [0.1, 0.15) is 18.1 Å². The molecule has 3 heteroatoms. The fourth-order valence-electron chi connectivity index (χ4n) is 1.73. The van der Waals surface area contributed by atoms with Crippen LogP contribution >= 0.6 is 27.5 Å². The van der Waals surface area contributed by atoms with Crippen LogP contribution in [0.2, 0.25) is 5.02 Å². The maximum absolute atomic E-state index is 10.6. The number of hydrogen-bond acceptors (Lipinski definition) is 1. The Bertz CT molecular complexity index is 520. The zero-order valence-corrected chi connectivity index (χ0v) is 11.7. The van der Waals surface area contributed by atoms with Crippen molar-refractivity contribution in [3.05, 3.63) is 69.2 Å². The molecule has 2 rings (SSSR count). The predicted octanol–water partition coefficient (Wildman–Crippen LogP) is 4.36. The Morgan fingerprint density at radius 2 is 1.71 bits per heavy atom. The summed E-state index contributed by atoms with van der Waals surface area (Å²) in [6.45, 7) is 1.78. The number of aliphatic hydroxyl groups is 1. The van der Waals surface area contributed by atoms with Gasteiger partial charge in [0.05, 0.1) is 0 Å². The second kappa shape index (κ2) is 4.81. The lowest BCUT2D eigenvalue weighted by atomic mass is 9.88. The third-order valence-electron chi connectivity index (χ3n) is 2.79. The molecule has 0 fully saturated rings. The molecule has 88 valence electrons. The number of hydrogen-bond donors (Lipinski definition) is 1. The second-order valence-corrected chi connectivity index (χ2v) is 5.44. The SMILES string of the molecule is CC(O)(c1ccc(Cl)cc1)c1cccc(Br)c1. The molecule has 0 bridgehead atoms. The Hall–Kier alpha value is -0.830. The van der Waals surface area contributed by atoms with E-state index in [1.165, 1.54) is 0 Å². The summed E-state index contributed by atoms with van der Waals surface area (Å²) in [7, 11) is 0. The minimum absolute atomic E-state index is 0.666. The number of halogens is 2. The van der Waals surface area contributed by atoms with E-state index in [0.29, 0.717) is 5.02 Å². The third kappa shape index (κ3) is 2.71. The zero-order chi connectivity index (χ0) is 12.5. The van der Waals surface area contributed by atoms with Gasteiger partial charge in [0.25, 0.3) is 0 Å². The molecular formula is C14H12BrClO. The molecule has 0 heterocycles. The lowest BCUT2D eigenvalue weighted by Gasteiger charge is -2.24. The molecule has 1 atom stereocenters. The summed E-state index contributed by atoms with van der Waals surface area (Å²) in [5, 5.41) is 11.3. The first-order chi connectivity index (χ1) is 8.00. The second-order valence-electron chi connectivity index (χ2n) is 4.09. The summed E-state index contributed by atoms with van der Waals surface area (Å²) in [6.07, 6.45) is 0. The summed E-state index contributed by atoms with van der Waals surface area (Å²) in [5.41, 5.74) is 0.642. The van der Waals surface area contributed by atoms with Crippen molar-refractivity contribution in [2.75, 3.05) is 0 Å². The van der Waals surface area contributed by atoms with Crippen LogP contribution in [0.5, 0.6) is 0 Å². The maximum Gasteiger partial charge on any atom is 0.112 e. The molecule has 17 heavy (non-hydrogen) atoms. The fraction of sp³-hybridized carbons (Fsp3) is 0.143. The van der Waals surface area contributed by atoms with Crippen molar-refractivity contribution in [2.24, 2.45) is 0 Å². The Morgan fingerprint density at radius 1 is 1.06 bits per heavy atom. The lowest BCUT2D eigenvalue weighted by Crippen LogP contribution is -2.22. The van der Waals surface area contributed by atoms with Gasteiger partial charge in [-0.1, -0.05) is 51.8 Å². The van der Waals surface area contributed by atoms with E-state index in [4.69, 9.17) is 11.6 Å². The first-order valence-electron chi connectivity index (χ1n) is 5.24. The van der Waals surface area contributed by atoms with Crippen molar-refractivity contribution in [1.82, 2.24) is 0 Å². The summed E-state index contributed by atoms with van der Waals surface area (Å²) < 4.78 is 0.948. The Morgan fingerprint density at radius 3 is 2.29 bits per heavy atom. The van der Waals surface area contributed by atoms with E-state index < -0.39 is 5.60 Å². The summed E-state index contributed by atoms with van der Waals surface area (Å²) in [5.74, 6) is 0. The fourth-order valence-corrected chi connectivity index (χ4v) is 2.26. The van der Waals surface area contributed by atoms with E-state index in [1.54, 1.807) is 19.1 Å². The van der Waals surface area contributed by atoms with Crippen LogP contribution < -0.4 is 0 Å². The molecule has 1 unspecified atom stereocenters. The topological polar surface area (TPSA) is 20.2 Å². The van der Waals surface area contributed by atoms with Gasteiger partial charge in [0.2, 0.25) is 0 Å². The van der Waals surface area contributed by atoms with Crippen molar-refractivity contribution in [3.63, 3.8) is 0 Å². The highest BCUT2D eigenvalue weighted by Gasteiger charge is 2.25. The van der Waals surface area contributed by atoms with Gasteiger partial charge in [-0.05, 0) is 42.3 Å². The smallest absolute Gasteiger partial charge is 0.112 e. The van der Waals surface area contributed by atoms with Gasteiger partial charge in [-0.15, -0.1) is 0 Å². The number of benzene rings is 2. The van der Waals surface area contributed by atoms with Gasteiger partial charge in [0.15, 0.2) is 0 Å². The summed E-state index contributed by atoms with van der Waals surface area (Å²) in [4.78, 5) is 0. The Balaban J connectivity index is 2.45. The van der Waals surface area contributed by atoms with E-state index in [-0.39, 0.29) is 0 Å². The van der Waals surface area contributed by atoms with Crippen LogP contribution in [0.3, 0.4) is 0 Å². The van der Waals surface area contributed by atoms with Crippen molar-refractivity contribution in [3.8, 4) is 0 Å². The third-order valence-corrected chi connectivity index (χ3v) is 3.54. The van der Waals surface area contributed by atoms with Crippen LogP contribution in [0.4, 0.5) is 0 Å². The van der Waals surface area contributed by atoms with E-state index in [2.05, 4.69) is 15.9 Å². The lowest BCUT2D eigenvalue weighted by molar-refractivity contribution is 0.102. The quantitative estimate of drug-likeness (QED) is 0.874. The van der Waals surface area contributed by atoms with Gasteiger partial charge in [-0.3, -0.25) is 0 Å². The van der Waals surface area contributed by atoms with Crippen molar-refractivity contribution in [1.29, 1.82) is 0 Å². The monoisotopic (exact) mass is 310 g/mol. The number of rotatable bonds is 2. The van der Waals surface area contributed by atoms with E-state index >= 15 is 0 Å². The normalized spacial score (nSPS) is 14.4. The highest BCUT2D eigenvalue weighted by atomic mass is 79.9. The standard InChI is InChI=1S/C14H12BrClO/c1-14(17,10-5-7-13(16)8-6-10)11-3-2-4-12(15)9-11/h2-9,17H,1H3. The first kappa shape index (κ1) is 12.6. The largest absolute Gasteiger partial charge is 0.381 e. The highest BCUT2D eigenvalue weighted by Crippen LogP contribution is 2.31. The molecule has 1 nitrogen and oxygen atoms in total. The average Bonchev–Trinajstić information content (AvgIpc) is 2.29. The maximum atomic E-state index is 10.6. The van der Waals surface area contributed by atoms with Gasteiger partial charge in [0, 0.05) is 9.50 Å². The molecule has 1 N–H and O–H groups in total. The van der Waals surface area contributed by atoms with Crippen LogP contribution in [-0.2, 0) is 5.60 Å². The Labute approximate surface area is 114 Å². The minimum Gasteiger partial charge on any atom is -0.381 e. The molecular weight excluding hydrogens is 300 g/mol. The van der Waals surface area contributed by atoms with Crippen LogP contribution in [0.25, 0.3) is 0 Å². The molecule has 2 aromatic carbocycles. The van der Waals surface area contributed by atoms with Gasteiger partial charge in [-0.2, -0.15) is 0 Å². The van der Waals surface area contributed by atoms with Crippen LogP contribution in [-0.4, -0.2) is 5.11 Å². The van der Waals surface area contributed by atoms with Crippen LogP contribution in [0.15, 0.2) is 53.0 Å². The minimum atomic E-state index is -1.02. The van der Waals surface area contributed by atoms with Gasteiger partial charge < -0.3 is 5.11 Å². The van der Waals surface area contributed by atoms with E-state index in [1.807, 2.05) is 36.4 Å². The highest BCUT2D eigenvalue weighted by molar-refractivity contribution is 9.10. The van der Waals surface area contributed by atoms with Crippen molar-refractivity contribution < 1.29 is 5.11 Å². The first-order valence-corrected chi connectivity index (χ1v) is 6.42. The van der Waals surface area contributed by atoms with Gasteiger partial charge in [0.1, 0.15) is 5.60 Å². The molecule has 0 radical (unpaired) electrons. The average molecular weight is 312 g/mol. The van der Waals surface area contributed by atoms with Crippen molar-refractivity contribution in [2.45, 2.75) is 12.5 Å². The Kier molecular flexibility index (Phi) is 3.57.